The largest absolute Gasteiger partial charge is 0.482 e. The maximum atomic E-state index is 11.1. The second-order valence-corrected chi connectivity index (χ2v) is 3.27. The molecule has 0 aromatic heterocycles. The summed E-state index contributed by atoms with van der Waals surface area (Å²) < 4.78 is 5.40. The Morgan fingerprint density at radius 2 is 2.13 bits per heavy atom. The highest BCUT2D eigenvalue weighted by Crippen LogP contribution is 2.26. The van der Waals surface area contributed by atoms with Crippen LogP contribution in [0.25, 0.3) is 0 Å². The molecule has 2 rings (SSSR count). The van der Waals surface area contributed by atoms with Gasteiger partial charge in [0.2, 0.25) is 5.78 Å². The lowest BCUT2D eigenvalue weighted by Gasteiger charge is -2.23. The molecule has 2 N–H and O–H groups in total. The van der Waals surface area contributed by atoms with Gasteiger partial charge in [-0.05, 0) is 24.5 Å². The van der Waals surface area contributed by atoms with Gasteiger partial charge in [0.25, 0.3) is 0 Å². The molecule has 1 aliphatic rings. The van der Waals surface area contributed by atoms with Crippen LogP contribution in [0, 0.1) is 0 Å². The summed E-state index contributed by atoms with van der Waals surface area (Å²) in [5.74, 6) is 0.249. The molecular formula is C11H12O4. The summed E-state index contributed by atoms with van der Waals surface area (Å²) in [5.41, 5.74) is 1.10. The van der Waals surface area contributed by atoms with Crippen LogP contribution in [0.2, 0.25) is 0 Å². The highest BCUT2D eigenvalue weighted by atomic mass is 16.5. The van der Waals surface area contributed by atoms with Gasteiger partial charge < -0.3 is 10.2 Å². The monoisotopic (exact) mass is 208 g/mol. The van der Waals surface area contributed by atoms with Gasteiger partial charge in [0.1, 0.15) is 5.75 Å². The first-order chi connectivity index (χ1) is 6.81. The molecular weight excluding hydrogens is 196 g/mol. The number of benzene rings is 1. The molecule has 4 heteroatoms. The Balaban J connectivity index is 0.00000112. The van der Waals surface area contributed by atoms with Gasteiger partial charge in [-0.15, -0.1) is 0 Å². The van der Waals surface area contributed by atoms with Gasteiger partial charge in [0.15, 0.2) is 12.4 Å². The molecule has 4 nitrogen and oxygen atoms in total. The van der Waals surface area contributed by atoms with Crippen LogP contribution in [0.4, 0.5) is 0 Å². The van der Waals surface area contributed by atoms with E-state index in [2.05, 4.69) is 0 Å². The fourth-order valence-corrected chi connectivity index (χ4v) is 1.60. The van der Waals surface area contributed by atoms with E-state index in [9.17, 15) is 9.59 Å². The van der Waals surface area contributed by atoms with Crippen LogP contribution in [0.3, 0.4) is 0 Å². The number of ether oxygens (including phenoxy) is 1. The average Bonchev–Trinajstić information content (AvgIpc) is 2.27. The van der Waals surface area contributed by atoms with E-state index in [1.165, 1.54) is 0 Å². The Hall–Kier alpha value is -1.68. The minimum atomic E-state index is -0.581. The van der Waals surface area contributed by atoms with Gasteiger partial charge in [-0.3, -0.25) is 9.59 Å². The number of rotatable bonds is 2. The summed E-state index contributed by atoms with van der Waals surface area (Å²) in [6.07, 6.45) is 1.13. The standard InChI is InChI=1S/C11H10O3.H2O/c12-7-9(13)11-6-5-8-3-1-2-4-10(8)14-11;/h1-4,7,11H,5-6H2;1H2. The summed E-state index contributed by atoms with van der Waals surface area (Å²) in [6.45, 7) is 0. The number of aldehydes is 1. The predicted molar refractivity (Wildman–Crippen MR) is 53.9 cm³/mol. The van der Waals surface area contributed by atoms with Gasteiger partial charge in [-0.2, -0.15) is 0 Å². The normalized spacial score (nSPS) is 18.0. The van der Waals surface area contributed by atoms with E-state index in [-0.39, 0.29) is 5.48 Å². The SMILES string of the molecule is O.O=CC(=O)C1CCc2ccccc2O1. The molecule has 0 bridgehead atoms. The first kappa shape index (κ1) is 11.4. The fraction of sp³-hybridized carbons (Fsp3) is 0.273. The number of carbonyl (C=O) groups excluding carboxylic acids is 2. The summed E-state index contributed by atoms with van der Waals surface area (Å²) in [4.78, 5) is 21.4. The fourth-order valence-electron chi connectivity index (χ4n) is 1.60. The van der Waals surface area contributed by atoms with Gasteiger partial charge in [-0.25, -0.2) is 0 Å². The third-order valence-corrected chi connectivity index (χ3v) is 2.35. The topological polar surface area (TPSA) is 74.9 Å². The smallest absolute Gasteiger partial charge is 0.235 e. The maximum absolute atomic E-state index is 11.1. The van der Waals surface area contributed by atoms with Crippen molar-refractivity contribution >= 4 is 12.1 Å². The van der Waals surface area contributed by atoms with Gasteiger partial charge in [-0.1, -0.05) is 18.2 Å². The third kappa shape index (κ3) is 2.22. The molecule has 0 amide bonds. The molecule has 0 saturated carbocycles. The van der Waals surface area contributed by atoms with Crippen molar-refractivity contribution in [2.24, 2.45) is 0 Å². The minimum Gasteiger partial charge on any atom is -0.482 e. The molecule has 1 unspecified atom stereocenters. The van der Waals surface area contributed by atoms with Crippen molar-refractivity contribution in [3.63, 3.8) is 0 Å². The molecule has 1 aromatic carbocycles. The molecule has 80 valence electrons. The van der Waals surface area contributed by atoms with E-state index in [4.69, 9.17) is 4.74 Å². The Morgan fingerprint density at radius 3 is 2.87 bits per heavy atom. The number of aryl methyl sites for hydroxylation is 1. The van der Waals surface area contributed by atoms with Crippen LogP contribution in [-0.2, 0) is 16.0 Å². The van der Waals surface area contributed by atoms with Crippen molar-refractivity contribution in [3.8, 4) is 5.75 Å². The summed E-state index contributed by atoms with van der Waals surface area (Å²) in [7, 11) is 0. The van der Waals surface area contributed by atoms with Crippen LogP contribution in [0.5, 0.6) is 5.75 Å². The third-order valence-electron chi connectivity index (χ3n) is 2.35. The Bertz CT molecular complexity index is 373. The first-order valence-corrected chi connectivity index (χ1v) is 4.55. The zero-order chi connectivity index (χ0) is 9.97. The van der Waals surface area contributed by atoms with Crippen LogP contribution >= 0.6 is 0 Å². The summed E-state index contributed by atoms with van der Waals surface area (Å²) in [5, 5.41) is 0. The zero-order valence-corrected chi connectivity index (χ0v) is 8.10. The maximum Gasteiger partial charge on any atom is 0.235 e. The lowest BCUT2D eigenvalue weighted by atomic mass is 10.0. The molecule has 1 aromatic rings. The van der Waals surface area contributed by atoms with Crippen molar-refractivity contribution < 1.29 is 19.8 Å². The Morgan fingerprint density at radius 1 is 1.40 bits per heavy atom. The quantitative estimate of drug-likeness (QED) is 0.519. The van der Waals surface area contributed by atoms with Crippen LogP contribution in [0.1, 0.15) is 12.0 Å². The molecule has 0 radical (unpaired) electrons. The van der Waals surface area contributed by atoms with Crippen molar-refractivity contribution in [3.05, 3.63) is 29.8 Å². The van der Waals surface area contributed by atoms with E-state index >= 15 is 0 Å². The van der Waals surface area contributed by atoms with Crippen LogP contribution < -0.4 is 4.74 Å². The van der Waals surface area contributed by atoms with Crippen molar-refractivity contribution in [2.75, 3.05) is 0 Å². The number of hydrogen-bond donors (Lipinski definition) is 0. The molecule has 0 spiro atoms. The second-order valence-electron chi connectivity index (χ2n) is 3.27. The number of fused-ring (bicyclic) bond motifs is 1. The second kappa shape index (κ2) is 4.70. The van der Waals surface area contributed by atoms with E-state index in [0.717, 1.165) is 17.7 Å². The lowest BCUT2D eigenvalue weighted by Crippen LogP contribution is -2.31. The number of Topliss-reactive ketones (excluding diaryl/α,β-unsaturated/α-hetero) is 1. The molecule has 1 atom stereocenters. The van der Waals surface area contributed by atoms with Gasteiger partial charge in [0.05, 0.1) is 0 Å². The zero-order valence-electron chi connectivity index (χ0n) is 8.10. The number of para-hydroxylation sites is 1. The highest BCUT2D eigenvalue weighted by molar-refractivity contribution is 6.27. The minimum absolute atomic E-state index is 0. The molecule has 1 heterocycles. The van der Waals surface area contributed by atoms with Gasteiger partial charge >= 0.3 is 0 Å². The van der Waals surface area contributed by atoms with Gasteiger partial charge in [0, 0.05) is 0 Å². The van der Waals surface area contributed by atoms with Crippen molar-refractivity contribution in [1.82, 2.24) is 0 Å². The highest BCUT2D eigenvalue weighted by Gasteiger charge is 2.24. The van der Waals surface area contributed by atoms with Crippen molar-refractivity contribution in [2.45, 2.75) is 18.9 Å². The van der Waals surface area contributed by atoms with Crippen LogP contribution in [-0.4, -0.2) is 23.6 Å². The molecule has 15 heavy (non-hydrogen) atoms. The van der Waals surface area contributed by atoms with E-state index in [1.54, 1.807) is 0 Å². The number of hydrogen-bond acceptors (Lipinski definition) is 3. The lowest BCUT2D eigenvalue weighted by molar-refractivity contribution is -0.135. The molecule has 0 aliphatic carbocycles. The Kier molecular flexibility index (Phi) is 3.57. The molecule has 0 saturated heterocycles. The predicted octanol–water partition coefficient (Wildman–Crippen LogP) is 0.324. The first-order valence-electron chi connectivity index (χ1n) is 4.55. The number of carbonyl (C=O) groups is 2. The van der Waals surface area contributed by atoms with Crippen molar-refractivity contribution in [1.29, 1.82) is 0 Å². The summed E-state index contributed by atoms with van der Waals surface area (Å²) in [6, 6.07) is 7.58. The Labute approximate surface area is 87.2 Å². The van der Waals surface area contributed by atoms with E-state index in [1.807, 2.05) is 24.3 Å². The number of ketones is 1. The summed E-state index contributed by atoms with van der Waals surface area (Å²) >= 11 is 0. The molecule has 0 fully saturated rings. The molecule has 1 aliphatic heterocycles. The van der Waals surface area contributed by atoms with E-state index in [0.29, 0.717) is 12.7 Å². The van der Waals surface area contributed by atoms with E-state index < -0.39 is 11.9 Å². The van der Waals surface area contributed by atoms with Crippen LogP contribution in [0.15, 0.2) is 24.3 Å². The average molecular weight is 208 g/mol.